The van der Waals surface area contributed by atoms with Gasteiger partial charge in [0.25, 0.3) is 11.8 Å². The molecule has 51 heavy (non-hydrogen) atoms. The van der Waals surface area contributed by atoms with Gasteiger partial charge in [0.1, 0.15) is 24.1 Å². The largest absolute Gasteiger partial charge is 0.508 e. The highest BCUT2D eigenvalue weighted by atomic mass is 35.5. The minimum absolute atomic E-state index is 0.0473. The molecule has 2 aliphatic rings. The molecular formula is C40H38ClN3O6S. The lowest BCUT2D eigenvalue weighted by Gasteiger charge is -2.35. The Hall–Kier alpha value is -5.06. The number of allylic oxidation sites excluding steroid dienone is 1. The summed E-state index contributed by atoms with van der Waals surface area (Å²) >= 11 is 7.74. The molecule has 1 saturated heterocycles. The van der Waals surface area contributed by atoms with Crippen LogP contribution in [0.25, 0.3) is 11.1 Å². The van der Waals surface area contributed by atoms with E-state index in [2.05, 4.69) is 12.1 Å². The molecule has 0 aromatic heterocycles. The van der Waals surface area contributed by atoms with Crippen LogP contribution >= 0.6 is 23.4 Å². The van der Waals surface area contributed by atoms with E-state index in [0.29, 0.717) is 29.4 Å². The van der Waals surface area contributed by atoms with E-state index in [0.717, 1.165) is 38.3 Å². The molecule has 11 heteroatoms. The van der Waals surface area contributed by atoms with Crippen molar-refractivity contribution in [1.82, 2.24) is 9.80 Å². The number of nitrogens with two attached hydrogens (primary N) is 1. The quantitative estimate of drug-likeness (QED) is 0.0658. The van der Waals surface area contributed by atoms with Gasteiger partial charge < -0.3 is 20.5 Å². The molecule has 3 N–H and O–H groups in total. The number of carbonyl (C=O) groups excluding carboxylic acids is 4. The van der Waals surface area contributed by atoms with Crippen LogP contribution < -0.4 is 10.5 Å². The van der Waals surface area contributed by atoms with Crippen LogP contribution in [0.3, 0.4) is 0 Å². The number of imide groups is 1. The molecule has 1 atom stereocenters. The number of alkyl halides is 1. The van der Waals surface area contributed by atoms with Crippen LogP contribution in [0.1, 0.15) is 58.3 Å². The van der Waals surface area contributed by atoms with Crippen molar-refractivity contribution in [3.63, 3.8) is 0 Å². The van der Waals surface area contributed by atoms with E-state index in [9.17, 15) is 24.3 Å². The summed E-state index contributed by atoms with van der Waals surface area (Å²) in [5.41, 5.74) is 11.6. The lowest BCUT2D eigenvalue weighted by Crippen LogP contribution is -2.55. The predicted molar refractivity (Wildman–Crippen MR) is 198 cm³/mol. The SMILES string of the molecule is NC(=O)CCSc1cccc2c1CN(C1CCC(=O)N(CCOc3ccc(/C(=C(\CCCl)c4ccccc4)c4ccc(O)cc4)cc3)C1=O)C2=O. The number of benzene rings is 4. The number of primary amides is 1. The van der Waals surface area contributed by atoms with E-state index < -0.39 is 17.9 Å². The molecule has 0 saturated carbocycles. The molecule has 4 aromatic carbocycles. The number of halogens is 1. The van der Waals surface area contributed by atoms with Gasteiger partial charge in [0.2, 0.25) is 11.8 Å². The van der Waals surface area contributed by atoms with Crippen molar-refractivity contribution in [2.24, 2.45) is 5.73 Å². The van der Waals surface area contributed by atoms with Gasteiger partial charge in [0.05, 0.1) is 6.54 Å². The van der Waals surface area contributed by atoms with E-state index in [1.807, 2.05) is 60.7 Å². The van der Waals surface area contributed by atoms with E-state index in [1.54, 1.807) is 29.2 Å². The minimum atomic E-state index is -0.762. The summed E-state index contributed by atoms with van der Waals surface area (Å²) < 4.78 is 6.02. The number of ether oxygens (including phenoxy) is 1. The number of phenolic OH excluding ortho intramolecular Hbond substituents is 1. The first-order valence-corrected chi connectivity index (χ1v) is 18.3. The van der Waals surface area contributed by atoms with Crippen LogP contribution in [0, 0.1) is 0 Å². The summed E-state index contributed by atoms with van der Waals surface area (Å²) in [4.78, 5) is 54.9. The number of amides is 4. The van der Waals surface area contributed by atoms with Crippen molar-refractivity contribution in [2.45, 2.75) is 43.2 Å². The van der Waals surface area contributed by atoms with Gasteiger partial charge in [-0.05, 0) is 82.6 Å². The summed E-state index contributed by atoms with van der Waals surface area (Å²) in [7, 11) is 0. The zero-order chi connectivity index (χ0) is 35.9. The third-order valence-electron chi connectivity index (χ3n) is 9.07. The number of piperidine rings is 1. The van der Waals surface area contributed by atoms with Gasteiger partial charge in [-0.3, -0.25) is 24.1 Å². The van der Waals surface area contributed by atoms with Crippen molar-refractivity contribution < 1.29 is 29.0 Å². The fourth-order valence-corrected chi connectivity index (χ4v) is 7.82. The zero-order valence-electron chi connectivity index (χ0n) is 27.9. The van der Waals surface area contributed by atoms with E-state index in [1.165, 1.54) is 16.7 Å². The summed E-state index contributed by atoms with van der Waals surface area (Å²) in [6.45, 7) is 0.388. The monoisotopic (exact) mass is 723 g/mol. The van der Waals surface area contributed by atoms with Crippen molar-refractivity contribution in [3.05, 3.63) is 125 Å². The third-order valence-corrected chi connectivity index (χ3v) is 10.4. The van der Waals surface area contributed by atoms with Crippen molar-refractivity contribution in [2.75, 3.05) is 24.8 Å². The Bertz CT molecular complexity index is 1950. The average molecular weight is 724 g/mol. The second-order valence-corrected chi connectivity index (χ2v) is 13.8. The number of thioether (sulfide) groups is 1. The molecule has 0 aliphatic carbocycles. The van der Waals surface area contributed by atoms with Gasteiger partial charge in [-0.25, -0.2) is 0 Å². The molecule has 9 nitrogen and oxygen atoms in total. The maximum Gasteiger partial charge on any atom is 0.255 e. The Kier molecular flexibility index (Phi) is 11.4. The molecule has 0 spiro atoms. The van der Waals surface area contributed by atoms with Gasteiger partial charge in [0.15, 0.2) is 0 Å². The number of phenols is 1. The van der Waals surface area contributed by atoms with Crippen LogP contribution in [0.4, 0.5) is 0 Å². The lowest BCUT2D eigenvalue weighted by atomic mass is 9.88. The Morgan fingerprint density at radius 1 is 0.882 bits per heavy atom. The van der Waals surface area contributed by atoms with Gasteiger partial charge in [0, 0.05) is 41.5 Å². The molecule has 262 valence electrons. The zero-order valence-corrected chi connectivity index (χ0v) is 29.5. The number of likely N-dealkylation sites (tertiary alicyclic amines) is 1. The van der Waals surface area contributed by atoms with Crippen LogP contribution in [-0.4, -0.2) is 69.4 Å². The number of rotatable bonds is 14. The fourth-order valence-electron chi connectivity index (χ4n) is 6.58. The number of fused-ring (bicyclic) bond motifs is 1. The van der Waals surface area contributed by atoms with Gasteiger partial charge in [-0.2, -0.15) is 0 Å². The van der Waals surface area contributed by atoms with Gasteiger partial charge in [-0.1, -0.05) is 60.7 Å². The molecule has 1 unspecified atom stereocenters. The highest BCUT2D eigenvalue weighted by Crippen LogP contribution is 2.37. The second-order valence-electron chi connectivity index (χ2n) is 12.3. The normalized spacial score (nSPS) is 16.3. The maximum atomic E-state index is 13.7. The second kappa shape index (κ2) is 16.3. The first-order chi connectivity index (χ1) is 24.7. The molecule has 2 heterocycles. The molecule has 0 bridgehead atoms. The molecule has 4 amide bonds. The van der Waals surface area contributed by atoms with Crippen molar-refractivity contribution >= 4 is 58.1 Å². The summed E-state index contributed by atoms with van der Waals surface area (Å²) in [6, 6.07) is 29.4. The van der Waals surface area contributed by atoms with Crippen LogP contribution in [0.15, 0.2) is 102 Å². The average Bonchev–Trinajstić information content (AvgIpc) is 3.47. The van der Waals surface area contributed by atoms with Crippen LogP contribution in [0.5, 0.6) is 11.5 Å². The highest BCUT2D eigenvalue weighted by molar-refractivity contribution is 7.99. The number of hydrogen-bond acceptors (Lipinski definition) is 7. The Morgan fingerprint density at radius 3 is 2.27 bits per heavy atom. The molecular weight excluding hydrogens is 686 g/mol. The molecule has 0 radical (unpaired) electrons. The van der Waals surface area contributed by atoms with Gasteiger partial charge in [-0.15, -0.1) is 23.4 Å². The first-order valence-electron chi connectivity index (χ1n) is 16.8. The molecule has 1 fully saturated rings. The maximum absolute atomic E-state index is 13.7. The topological polar surface area (TPSA) is 130 Å². The van der Waals surface area contributed by atoms with E-state index in [4.69, 9.17) is 22.1 Å². The van der Waals surface area contributed by atoms with Crippen LogP contribution in [-0.2, 0) is 20.9 Å². The number of carbonyl (C=O) groups is 4. The number of aromatic hydroxyl groups is 1. The fraction of sp³-hybridized carbons (Fsp3) is 0.250. The predicted octanol–water partition coefficient (Wildman–Crippen LogP) is 6.50. The lowest BCUT2D eigenvalue weighted by molar-refractivity contribution is -0.152. The standard InChI is InChI=1S/C40H38ClN3O6S/c41-21-19-31(26-5-2-1-3-6-26)38(27-9-13-29(45)14-10-27)28-11-15-30(16-12-28)50-23-22-43-37(47)18-17-34(40(43)49)44-25-33-32(39(44)48)7-4-8-35(33)51-24-20-36(42)46/h1-16,34,45H,17-25H2,(H2,42,46)/b38-31+. The third kappa shape index (κ3) is 8.13. The van der Waals surface area contributed by atoms with E-state index in [-0.39, 0.29) is 56.5 Å². The van der Waals surface area contributed by atoms with E-state index >= 15 is 0 Å². The van der Waals surface area contributed by atoms with Crippen LogP contribution in [0.2, 0.25) is 0 Å². The van der Waals surface area contributed by atoms with Crippen molar-refractivity contribution in [3.8, 4) is 11.5 Å². The molecule has 4 aromatic rings. The van der Waals surface area contributed by atoms with Crippen molar-refractivity contribution in [1.29, 1.82) is 0 Å². The Balaban J connectivity index is 1.14. The first kappa shape index (κ1) is 35.8. The number of nitrogens with zero attached hydrogens (tertiary/aromatic N) is 2. The summed E-state index contributed by atoms with van der Waals surface area (Å²) in [6.07, 6.45) is 1.25. The highest BCUT2D eigenvalue weighted by Gasteiger charge is 2.43. The molecule has 6 rings (SSSR count). The Labute approximate surface area is 306 Å². The summed E-state index contributed by atoms with van der Waals surface area (Å²) in [5, 5.41) is 9.95. The number of hydrogen-bond donors (Lipinski definition) is 2. The summed E-state index contributed by atoms with van der Waals surface area (Å²) in [5.74, 6) is 0.335. The van der Waals surface area contributed by atoms with Gasteiger partial charge >= 0.3 is 0 Å². The Morgan fingerprint density at radius 2 is 1.59 bits per heavy atom. The molecule has 2 aliphatic heterocycles. The minimum Gasteiger partial charge on any atom is -0.508 e. The smallest absolute Gasteiger partial charge is 0.255 e.